The predicted molar refractivity (Wildman–Crippen MR) is 120 cm³/mol. The monoisotopic (exact) mass is 475 g/mol. The van der Waals surface area contributed by atoms with Crippen LogP contribution in [0.2, 0.25) is 0 Å². The van der Waals surface area contributed by atoms with Crippen LogP contribution in [0.15, 0.2) is 53.4 Å². The Morgan fingerprint density at radius 3 is 2.52 bits per heavy atom. The third-order valence-electron chi connectivity index (χ3n) is 5.67. The van der Waals surface area contributed by atoms with E-state index in [1.165, 1.54) is 16.4 Å². The normalized spacial score (nSPS) is 17.3. The molecule has 1 aliphatic carbocycles. The van der Waals surface area contributed by atoms with Gasteiger partial charge in [0.1, 0.15) is 11.6 Å². The number of hydrogen-bond acceptors (Lipinski definition) is 5. The molecule has 176 valence electrons. The smallest absolute Gasteiger partial charge is 0.260 e. The van der Waals surface area contributed by atoms with Crippen LogP contribution in [0.4, 0.5) is 10.1 Å². The summed E-state index contributed by atoms with van der Waals surface area (Å²) in [5, 5.41) is 2.84. The Morgan fingerprint density at radius 1 is 1.03 bits per heavy atom. The molecular formula is C23H26FN3O5S. The number of benzene rings is 2. The molecule has 33 heavy (non-hydrogen) atoms. The maximum Gasteiger partial charge on any atom is 0.260 e. The van der Waals surface area contributed by atoms with E-state index in [4.69, 9.17) is 4.74 Å². The molecule has 0 unspecified atom stereocenters. The van der Waals surface area contributed by atoms with Crippen LogP contribution < -0.4 is 10.1 Å². The molecule has 0 bridgehead atoms. The van der Waals surface area contributed by atoms with E-state index in [0.717, 1.165) is 25.0 Å². The summed E-state index contributed by atoms with van der Waals surface area (Å²) < 4.78 is 45.8. The first kappa shape index (κ1) is 23.2. The number of amides is 2. The van der Waals surface area contributed by atoms with Gasteiger partial charge >= 0.3 is 0 Å². The molecule has 4 rings (SSSR count). The Bertz CT molecular complexity index is 1120. The Hall–Kier alpha value is -2.98. The summed E-state index contributed by atoms with van der Waals surface area (Å²) in [6.45, 7) is 0.876. The molecule has 8 nitrogen and oxygen atoms in total. The lowest BCUT2D eigenvalue weighted by Gasteiger charge is -2.22. The molecule has 2 amide bonds. The van der Waals surface area contributed by atoms with Crippen LogP contribution >= 0.6 is 0 Å². The van der Waals surface area contributed by atoms with Crippen molar-refractivity contribution in [2.45, 2.75) is 24.2 Å². The van der Waals surface area contributed by atoms with Gasteiger partial charge in [0.2, 0.25) is 15.9 Å². The zero-order valence-corrected chi connectivity index (χ0v) is 18.9. The maximum absolute atomic E-state index is 13.1. The van der Waals surface area contributed by atoms with E-state index >= 15 is 0 Å². The first-order chi connectivity index (χ1) is 15.8. The van der Waals surface area contributed by atoms with Crippen molar-refractivity contribution in [2.75, 3.05) is 38.1 Å². The molecule has 1 aliphatic heterocycles. The highest BCUT2D eigenvalue weighted by Crippen LogP contribution is 2.30. The fourth-order valence-electron chi connectivity index (χ4n) is 3.63. The van der Waals surface area contributed by atoms with E-state index in [9.17, 15) is 22.4 Å². The van der Waals surface area contributed by atoms with Crippen molar-refractivity contribution in [1.29, 1.82) is 0 Å². The average molecular weight is 476 g/mol. The molecule has 0 spiro atoms. The Kier molecular flexibility index (Phi) is 6.94. The van der Waals surface area contributed by atoms with Gasteiger partial charge in [-0.05, 0) is 55.7 Å². The number of rotatable bonds is 7. The van der Waals surface area contributed by atoms with E-state index in [1.54, 1.807) is 29.2 Å². The van der Waals surface area contributed by atoms with Crippen molar-refractivity contribution in [1.82, 2.24) is 9.21 Å². The highest BCUT2D eigenvalue weighted by molar-refractivity contribution is 7.89. The van der Waals surface area contributed by atoms with E-state index in [1.807, 2.05) is 0 Å². The van der Waals surface area contributed by atoms with Gasteiger partial charge in [0.15, 0.2) is 6.61 Å². The number of nitrogens with zero attached hydrogens (tertiary/aromatic N) is 2. The van der Waals surface area contributed by atoms with Gasteiger partial charge in [-0.15, -0.1) is 0 Å². The van der Waals surface area contributed by atoms with Crippen LogP contribution in [0.25, 0.3) is 0 Å². The van der Waals surface area contributed by atoms with Crippen LogP contribution in [-0.4, -0.2) is 62.2 Å². The van der Waals surface area contributed by atoms with Gasteiger partial charge in [0, 0.05) is 43.9 Å². The van der Waals surface area contributed by atoms with Crippen molar-refractivity contribution < 1.29 is 27.1 Å². The maximum atomic E-state index is 13.1. The van der Waals surface area contributed by atoms with Crippen LogP contribution in [0.3, 0.4) is 0 Å². The summed E-state index contributed by atoms with van der Waals surface area (Å²) >= 11 is 0. The molecule has 0 radical (unpaired) electrons. The summed E-state index contributed by atoms with van der Waals surface area (Å²) in [6.07, 6.45) is 2.30. The van der Waals surface area contributed by atoms with E-state index in [-0.39, 0.29) is 48.9 Å². The van der Waals surface area contributed by atoms with Crippen molar-refractivity contribution in [3.05, 3.63) is 54.3 Å². The fourth-order valence-corrected chi connectivity index (χ4v) is 5.10. The lowest BCUT2D eigenvalue weighted by molar-refractivity contribution is -0.133. The van der Waals surface area contributed by atoms with Gasteiger partial charge < -0.3 is 15.0 Å². The van der Waals surface area contributed by atoms with Crippen LogP contribution in [0.5, 0.6) is 5.75 Å². The SMILES string of the molecule is O=C(Nc1cccc(OCC(=O)N2CCCN(S(=O)(=O)c3ccc(F)cc3)CC2)c1)C1CC1. The summed E-state index contributed by atoms with van der Waals surface area (Å²) in [7, 11) is -3.76. The zero-order chi connectivity index (χ0) is 23.4. The van der Waals surface area contributed by atoms with Crippen molar-refractivity contribution in [3.63, 3.8) is 0 Å². The first-order valence-electron chi connectivity index (χ1n) is 10.9. The zero-order valence-electron chi connectivity index (χ0n) is 18.1. The Labute approximate surface area is 192 Å². The van der Waals surface area contributed by atoms with Gasteiger partial charge in [-0.1, -0.05) is 6.07 Å². The largest absolute Gasteiger partial charge is 0.484 e. The average Bonchev–Trinajstić information content (AvgIpc) is 3.65. The summed E-state index contributed by atoms with van der Waals surface area (Å²) in [6, 6.07) is 11.6. The molecule has 0 atom stereocenters. The Morgan fingerprint density at radius 2 is 1.79 bits per heavy atom. The third-order valence-corrected chi connectivity index (χ3v) is 7.58. The van der Waals surface area contributed by atoms with Gasteiger partial charge in [-0.25, -0.2) is 12.8 Å². The number of nitrogens with one attached hydrogen (secondary N) is 1. The number of anilines is 1. The molecule has 2 fully saturated rings. The molecule has 10 heteroatoms. The standard InChI is InChI=1S/C23H26FN3O5S/c24-18-7-9-21(10-8-18)33(30,31)27-12-2-11-26(13-14-27)22(28)16-32-20-4-1-3-19(15-20)25-23(29)17-5-6-17/h1,3-4,7-10,15,17H,2,5-6,11-14,16H2,(H,25,29). The molecule has 1 saturated heterocycles. The van der Waals surface area contributed by atoms with Crippen molar-refractivity contribution >= 4 is 27.5 Å². The van der Waals surface area contributed by atoms with E-state index < -0.39 is 15.8 Å². The number of hydrogen-bond donors (Lipinski definition) is 1. The highest BCUT2D eigenvalue weighted by Gasteiger charge is 2.30. The minimum Gasteiger partial charge on any atom is -0.484 e. The van der Waals surface area contributed by atoms with Gasteiger partial charge in [-0.2, -0.15) is 4.31 Å². The van der Waals surface area contributed by atoms with Gasteiger partial charge in [-0.3, -0.25) is 9.59 Å². The third kappa shape index (κ3) is 5.88. The van der Waals surface area contributed by atoms with Crippen LogP contribution in [0.1, 0.15) is 19.3 Å². The minimum absolute atomic E-state index is 0.00654. The summed E-state index contributed by atoms with van der Waals surface area (Å²) in [5.41, 5.74) is 0.619. The minimum atomic E-state index is -3.76. The number of carbonyl (C=O) groups is 2. The fraction of sp³-hybridized carbons (Fsp3) is 0.391. The van der Waals surface area contributed by atoms with Crippen LogP contribution in [-0.2, 0) is 19.6 Å². The number of carbonyl (C=O) groups excluding carboxylic acids is 2. The lowest BCUT2D eigenvalue weighted by atomic mass is 10.3. The molecule has 1 N–H and O–H groups in total. The quantitative estimate of drug-likeness (QED) is 0.664. The second-order valence-corrected chi connectivity index (χ2v) is 10.1. The number of ether oxygens (including phenoxy) is 1. The summed E-state index contributed by atoms with van der Waals surface area (Å²) in [5.74, 6) is -0.202. The predicted octanol–water partition coefficient (Wildman–Crippen LogP) is 2.48. The molecular weight excluding hydrogens is 449 g/mol. The Balaban J connectivity index is 1.31. The van der Waals surface area contributed by atoms with E-state index in [2.05, 4.69) is 5.32 Å². The lowest BCUT2D eigenvalue weighted by Crippen LogP contribution is -2.39. The highest BCUT2D eigenvalue weighted by atomic mass is 32.2. The molecule has 1 saturated carbocycles. The second kappa shape index (κ2) is 9.88. The van der Waals surface area contributed by atoms with Gasteiger partial charge in [0.05, 0.1) is 4.90 Å². The number of halogens is 1. The molecule has 1 heterocycles. The second-order valence-electron chi connectivity index (χ2n) is 8.17. The van der Waals surface area contributed by atoms with E-state index in [0.29, 0.717) is 24.4 Å². The molecule has 2 aliphatic rings. The summed E-state index contributed by atoms with van der Waals surface area (Å²) in [4.78, 5) is 26.2. The first-order valence-corrected chi connectivity index (χ1v) is 12.3. The van der Waals surface area contributed by atoms with Crippen molar-refractivity contribution in [3.8, 4) is 5.75 Å². The van der Waals surface area contributed by atoms with Gasteiger partial charge in [0.25, 0.3) is 5.91 Å². The molecule has 2 aromatic rings. The number of sulfonamides is 1. The van der Waals surface area contributed by atoms with Crippen molar-refractivity contribution in [2.24, 2.45) is 5.92 Å². The molecule has 2 aromatic carbocycles. The molecule has 0 aromatic heterocycles. The van der Waals surface area contributed by atoms with Crippen LogP contribution in [0, 0.1) is 11.7 Å². The topological polar surface area (TPSA) is 96.0 Å².